The normalized spacial score (nSPS) is 14.7. The average Bonchev–Trinajstić information content (AvgIpc) is 3.29. The van der Waals surface area contributed by atoms with Crippen molar-refractivity contribution in [2.24, 2.45) is 5.10 Å². The number of carbonyl (C=O) groups is 1. The van der Waals surface area contributed by atoms with Gasteiger partial charge in [0.25, 0.3) is 5.91 Å². The highest BCUT2D eigenvalue weighted by Gasteiger charge is 2.31. The van der Waals surface area contributed by atoms with Gasteiger partial charge in [-0.1, -0.05) is 0 Å². The first kappa shape index (κ1) is 18.9. The molecule has 0 radical (unpaired) electrons. The lowest BCUT2D eigenvalue weighted by molar-refractivity contribution is -0.125. The van der Waals surface area contributed by atoms with Crippen molar-refractivity contribution in [3.63, 3.8) is 0 Å². The topological polar surface area (TPSA) is 97.7 Å². The Morgan fingerprint density at radius 3 is 2.66 bits per heavy atom. The van der Waals surface area contributed by atoms with Gasteiger partial charge in [-0.3, -0.25) is 9.59 Å². The van der Waals surface area contributed by atoms with Gasteiger partial charge < -0.3 is 23.2 Å². The lowest BCUT2D eigenvalue weighted by atomic mass is 10.1. The first-order chi connectivity index (χ1) is 14.0. The van der Waals surface area contributed by atoms with Gasteiger partial charge in [-0.25, -0.2) is 0 Å². The summed E-state index contributed by atoms with van der Waals surface area (Å²) >= 11 is 5.25. The zero-order valence-corrected chi connectivity index (χ0v) is 16.7. The van der Waals surface area contributed by atoms with Crippen LogP contribution in [0.25, 0.3) is 21.9 Å². The summed E-state index contributed by atoms with van der Waals surface area (Å²) in [4.78, 5) is 26.6. The van der Waals surface area contributed by atoms with E-state index in [0.717, 1.165) is 5.01 Å². The molecule has 0 saturated carbocycles. The van der Waals surface area contributed by atoms with E-state index < -0.39 is 0 Å². The molecule has 0 atom stereocenters. The second-order valence-corrected chi connectivity index (χ2v) is 6.56. The summed E-state index contributed by atoms with van der Waals surface area (Å²) in [5.74, 6) is 0.460. The molecule has 4 rings (SSSR count). The number of methoxy groups -OCH3 is 2. The van der Waals surface area contributed by atoms with Crippen LogP contribution in [0.2, 0.25) is 0 Å². The Hall–Kier alpha value is -3.40. The number of thiocarbonyl (C=S) groups is 1. The van der Waals surface area contributed by atoms with Gasteiger partial charge in [0.05, 0.1) is 32.1 Å². The van der Waals surface area contributed by atoms with E-state index in [9.17, 15) is 9.59 Å². The van der Waals surface area contributed by atoms with Crippen LogP contribution in [0.3, 0.4) is 0 Å². The highest BCUT2D eigenvalue weighted by Crippen LogP contribution is 2.41. The van der Waals surface area contributed by atoms with Gasteiger partial charge in [0, 0.05) is 12.6 Å². The number of rotatable bonds is 5. The quantitative estimate of drug-likeness (QED) is 0.463. The standard InChI is InChI=1S/C19H17N3O6S/c1-4-21-9-13(24)22(19(21)29)20-8-10-7-12(23)14-15(25-2)11-5-6-27-16(11)18(26-3)17(14)28-10/h5-8H,4,9H2,1-3H3/b20-8+. The van der Waals surface area contributed by atoms with E-state index in [4.69, 9.17) is 30.5 Å². The molecule has 1 aliphatic rings. The molecule has 0 bridgehead atoms. The Labute approximate surface area is 170 Å². The molecule has 1 aliphatic heterocycles. The summed E-state index contributed by atoms with van der Waals surface area (Å²) in [6.07, 6.45) is 2.74. The molecule has 29 heavy (non-hydrogen) atoms. The number of nitrogens with zero attached hydrogens (tertiary/aromatic N) is 3. The van der Waals surface area contributed by atoms with Gasteiger partial charge in [-0.05, 0) is 25.2 Å². The maximum atomic E-state index is 12.8. The minimum Gasteiger partial charge on any atom is -0.495 e. The van der Waals surface area contributed by atoms with E-state index in [-0.39, 0.29) is 40.4 Å². The Morgan fingerprint density at radius 2 is 2.00 bits per heavy atom. The van der Waals surface area contributed by atoms with Crippen LogP contribution >= 0.6 is 12.2 Å². The van der Waals surface area contributed by atoms with Crippen molar-refractivity contribution in [1.82, 2.24) is 9.91 Å². The number of hydrogen-bond acceptors (Lipinski definition) is 8. The first-order valence-corrected chi connectivity index (χ1v) is 9.15. The fourth-order valence-electron chi connectivity index (χ4n) is 3.26. The lowest BCUT2D eigenvalue weighted by Gasteiger charge is -2.14. The predicted octanol–water partition coefficient (Wildman–Crippen LogP) is 2.34. The summed E-state index contributed by atoms with van der Waals surface area (Å²) in [7, 11) is 2.91. The third-order valence-corrected chi connectivity index (χ3v) is 5.05. The van der Waals surface area contributed by atoms with Gasteiger partial charge in [0.1, 0.15) is 17.7 Å². The zero-order chi connectivity index (χ0) is 20.7. The molecule has 3 aromatic rings. The Balaban J connectivity index is 1.86. The fraction of sp³-hybridized carbons (Fsp3) is 0.263. The maximum Gasteiger partial charge on any atom is 0.269 e. The molecule has 0 N–H and O–H groups in total. The van der Waals surface area contributed by atoms with E-state index in [2.05, 4.69) is 5.10 Å². The zero-order valence-electron chi connectivity index (χ0n) is 15.9. The van der Waals surface area contributed by atoms with Crippen molar-refractivity contribution in [2.45, 2.75) is 6.92 Å². The minimum absolute atomic E-state index is 0.124. The largest absolute Gasteiger partial charge is 0.495 e. The molecule has 0 aliphatic carbocycles. The number of amides is 1. The van der Waals surface area contributed by atoms with Crippen molar-refractivity contribution in [1.29, 1.82) is 0 Å². The summed E-state index contributed by atoms with van der Waals surface area (Å²) in [6, 6.07) is 2.95. The molecule has 3 heterocycles. The van der Waals surface area contributed by atoms with Crippen LogP contribution in [0.5, 0.6) is 11.5 Å². The van der Waals surface area contributed by atoms with Gasteiger partial charge >= 0.3 is 0 Å². The molecular formula is C19H17N3O6S. The third-order valence-electron chi connectivity index (χ3n) is 4.62. The second-order valence-electron chi connectivity index (χ2n) is 6.19. The highest BCUT2D eigenvalue weighted by molar-refractivity contribution is 7.80. The summed E-state index contributed by atoms with van der Waals surface area (Å²) in [6.45, 7) is 2.65. The number of furan rings is 1. The fourth-order valence-corrected chi connectivity index (χ4v) is 3.61. The molecule has 0 unspecified atom stereocenters. The van der Waals surface area contributed by atoms with Crippen LogP contribution in [0.1, 0.15) is 12.7 Å². The molecule has 1 amide bonds. The summed E-state index contributed by atoms with van der Waals surface area (Å²) in [5, 5.41) is 6.33. The van der Waals surface area contributed by atoms with Crippen LogP contribution in [-0.4, -0.2) is 54.5 Å². The van der Waals surface area contributed by atoms with E-state index in [1.54, 1.807) is 11.0 Å². The van der Waals surface area contributed by atoms with Gasteiger partial charge in [-0.15, -0.1) is 0 Å². The maximum absolute atomic E-state index is 12.8. The number of likely N-dealkylation sites (N-methyl/N-ethyl adjacent to an activating group) is 1. The van der Waals surface area contributed by atoms with Crippen molar-refractivity contribution in [3.05, 3.63) is 34.4 Å². The minimum atomic E-state index is -0.351. The molecule has 1 saturated heterocycles. The SMILES string of the molecule is CCN1CC(=O)N(/N=C/c2cc(=O)c3c(OC)c4ccoc4c(OC)c3o2)C1=S. The van der Waals surface area contributed by atoms with Crippen molar-refractivity contribution in [2.75, 3.05) is 27.3 Å². The number of hydrogen-bond donors (Lipinski definition) is 0. The monoisotopic (exact) mass is 415 g/mol. The highest BCUT2D eigenvalue weighted by atomic mass is 32.1. The predicted molar refractivity (Wildman–Crippen MR) is 110 cm³/mol. The molecule has 150 valence electrons. The molecule has 10 heteroatoms. The van der Waals surface area contributed by atoms with E-state index >= 15 is 0 Å². The Bertz CT molecular complexity index is 1230. The Kier molecular flexibility index (Phi) is 4.71. The van der Waals surface area contributed by atoms with Gasteiger partial charge in [0.15, 0.2) is 27.5 Å². The third kappa shape index (κ3) is 2.92. The molecular weight excluding hydrogens is 398 g/mol. The molecule has 1 aromatic carbocycles. The van der Waals surface area contributed by atoms with Gasteiger partial charge in [0.2, 0.25) is 5.75 Å². The molecule has 1 fully saturated rings. The van der Waals surface area contributed by atoms with Gasteiger partial charge in [-0.2, -0.15) is 10.1 Å². The van der Waals surface area contributed by atoms with E-state index in [0.29, 0.717) is 28.4 Å². The van der Waals surface area contributed by atoms with Crippen molar-refractivity contribution in [3.8, 4) is 11.5 Å². The van der Waals surface area contributed by atoms with Crippen molar-refractivity contribution >= 4 is 51.4 Å². The van der Waals surface area contributed by atoms with Crippen LogP contribution in [0.15, 0.2) is 37.1 Å². The summed E-state index contributed by atoms with van der Waals surface area (Å²) < 4.78 is 22.2. The molecule has 0 spiro atoms. The van der Waals surface area contributed by atoms with Crippen LogP contribution in [0.4, 0.5) is 0 Å². The van der Waals surface area contributed by atoms with Crippen LogP contribution in [0, 0.1) is 0 Å². The molecule has 2 aromatic heterocycles. The number of fused-ring (bicyclic) bond motifs is 2. The van der Waals surface area contributed by atoms with E-state index in [1.165, 1.54) is 32.8 Å². The number of carbonyl (C=O) groups excluding carboxylic acids is 1. The Morgan fingerprint density at radius 1 is 1.24 bits per heavy atom. The van der Waals surface area contributed by atoms with Crippen molar-refractivity contribution < 1.29 is 23.1 Å². The second kappa shape index (κ2) is 7.21. The number of ether oxygens (including phenoxy) is 2. The summed E-state index contributed by atoms with van der Waals surface area (Å²) in [5.41, 5.74) is 0.200. The van der Waals surface area contributed by atoms with Crippen LogP contribution < -0.4 is 14.9 Å². The average molecular weight is 415 g/mol. The lowest BCUT2D eigenvalue weighted by Crippen LogP contribution is -2.29. The molecule has 9 nitrogen and oxygen atoms in total. The smallest absolute Gasteiger partial charge is 0.269 e. The number of hydrazone groups is 1. The van der Waals surface area contributed by atoms with Crippen LogP contribution in [-0.2, 0) is 4.79 Å². The first-order valence-electron chi connectivity index (χ1n) is 8.75. The number of benzene rings is 1. The van der Waals surface area contributed by atoms with E-state index in [1.807, 2.05) is 6.92 Å².